The van der Waals surface area contributed by atoms with Gasteiger partial charge >= 0.3 is 0 Å². The van der Waals surface area contributed by atoms with Crippen molar-refractivity contribution < 1.29 is 9.90 Å². The van der Waals surface area contributed by atoms with Crippen molar-refractivity contribution in [2.75, 3.05) is 19.6 Å². The summed E-state index contributed by atoms with van der Waals surface area (Å²) in [6.07, 6.45) is 5.94. The average molecular weight is 316 g/mol. The number of hydrogen-bond donors (Lipinski definition) is 2. The van der Waals surface area contributed by atoms with Crippen LogP contribution in [0.1, 0.15) is 44.1 Å². The van der Waals surface area contributed by atoms with E-state index in [1.165, 1.54) is 0 Å². The predicted molar refractivity (Wildman–Crippen MR) is 90.7 cm³/mol. The van der Waals surface area contributed by atoms with E-state index >= 15 is 0 Å². The number of amides is 1. The Balaban J connectivity index is 1.85. The van der Waals surface area contributed by atoms with E-state index in [4.69, 9.17) is 5.73 Å². The number of benzene rings is 1. The molecule has 1 aliphatic heterocycles. The third kappa shape index (κ3) is 3.15. The normalized spacial score (nSPS) is 23.0. The van der Waals surface area contributed by atoms with Gasteiger partial charge in [-0.05, 0) is 43.7 Å². The molecular weight excluding hydrogens is 288 g/mol. The van der Waals surface area contributed by atoms with Crippen LogP contribution >= 0.6 is 0 Å². The van der Waals surface area contributed by atoms with E-state index in [1.807, 2.05) is 35.2 Å². The maximum Gasteiger partial charge on any atom is 0.259 e. The summed E-state index contributed by atoms with van der Waals surface area (Å²) in [6.45, 7) is 2.11. The van der Waals surface area contributed by atoms with Gasteiger partial charge in [0.25, 0.3) is 5.91 Å². The Labute approximate surface area is 138 Å². The quantitative estimate of drug-likeness (QED) is 0.895. The molecule has 1 saturated heterocycles. The molecule has 23 heavy (non-hydrogen) atoms. The summed E-state index contributed by atoms with van der Waals surface area (Å²) in [5.41, 5.74) is 5.13. The van der Waals surface area contributed by atoms with Crippen LogP contribution in [-0.2, 0) is 10.4 Å². The third-order valence-corrected chi connectivity index (χ3v) is 5.72. The molecule has 0 spiro atoms. The van der Waals surface area contributed by atoms with Gasteiger partial charge < -0.3 is 15.7 Å². The van der Waals surface area contributed by atoms with Crippen LogP contribution in [0.3, 0.4) is 0 Å². The summed E-state index contributed by atoms with van der Waals surface area (Å²) in [4.78, 5) is 15.1. The van der Waals surface area contributed by atoms with E-state index in [0.29, 0.717) is 25.6 Å². The Kier molecular flexibility index (Phi) is 5.02. The second kappa shape index (κ2) is 7.02. The van der Waals surface area contributed by atoms with Crippen LogP contribution < -0.4 is 5.73 Å². The molecule has 1 atom stereocenters. The fourth-order valence-electron chi connectivity index (χ4n) is 4.18. The first-order chi connectivity index (χ1) is 11.2. The molecule has 126 valence electrons. The molecular formula is C19H28N2O2. The molecule has 4 nitrogen and oxygen atoms in total. The summed E-state index contributed by atoms with van der Waals surface area (Å²) >= 11 is 0. The molecule has 1 aromatic rings. The number of carbonyl (C=O) groups is 1. The summed E-state index contributed by atoms with van der Waals surface area (Å²) < 4.78 is 0. The molecule has 3 N–H and O–H groups in total. The Morgan fingerprint density at radius 3 is 2.30 bits per heavy atom. The Morgan fingerprint density at radius 1 is 1.13 bits per heavy atom. The zero-order chi connectivity index (χ0) is 16.3. The third-order valence-electron chi connectivity index (χ3n) is 5.72. The number of nitrogens with two attached hydrogens (primary N) is 1. The second-order valence-electron chi connectivity index (χ2n) is 7.09. The number of rotatable bonds is 4. The standard InChI is InChI=1S/C19H28N2O2/c20-14-15-10-12-21(13-11-15)18(22)19(23,17-8-4-5-9-17)16-6-2-1-3-7-16/h1-3,6-7,15,17,23H,4-5,8-14,20H2. The van der Waals surface area contributed by atoms with Gasteiger partial charge in [0.05, 0.1) is 0 Å². The smallest absolute Gasteiger partial charge is 0.259 e. The first-order valence-electron chi connectivity index (χ1n) is 8.93. The van der Waals surface area contributed by atoms with Crippen molar-refractivity contribution in [1.29, 1.82) is 0 Å². The first-order valence-corrected chi connectivity index (χ1v) is 8.93. The van der Waals surface area contributed by atoms with Gasteiger partial charge in [-0.2, -0.15) is 0 Å². The molecule has 0 aromatic heterocycles. The lowest BCUT2D eigenvalue weighted by molar-refractivity contribution is -0.160. The zero-order valence-corrected chi connectivity index (χ0v) is 13.8. The summed E-state index contributed by atoms with van der Waals surface area (Å²) in [5, 5.41) is 11.5. The van der Waals surface area contributed by atoms with E-state index in [1.54, 1.807) is 0 Å². The molecule has 1 aliphatic carbocycles. The largest absolute Gasteiger partial charge is 0.375 e. The van der Waals surface area contributed by atoms with Gasteiger partial charge in [0.15, 0.2) is 5.60 Å². The molecule has 1 amide bonds. The molecule has 3 rings (SSSR count). The molecule has 2 fully saturated rings. The highest BCUT2D eigenvalue weighted by atomic mass is 16.3. The molecule has 1 unspecified atom stereocenters. The zero-order valence-electron chi connectivity index (χ0n) is 13.8. The van der Waals surface area contributed by atoms with Crippen molar-refractivity contribution >= 4 is 5.91 Å². The topological polar surface area (TPSA) is 66.6 Å². The number of hydrogen-bond acceptors (Lipinski definition) is 3. The van der Waals surface area contributed by atoms with Crippen LogP contribution in [0.25, 0.3) is 0 Å². The summed E-state index contributed by atoms with van der Waals surface area (Å²) in [7, 11) is 0. The predicted octanol–water partition coefficient (Wildman–Crippen LogP) is 2.26. The number of carbonyl (C=O) groups excluding carboxylic acids is 1. The highest BCUT2D eigenvalue weighted by Gasteiger charge is 2.48. The summed E-state index contributed by atoms with van der Waals surface area (Å²) in [6, 6.07) is 9.52. The van der Waals surface area contributed by atoms with Crippen molar-refractivity contribution in [3.05, 3.63) is 35.9 Å². The second-order valence-corrected chi connectivity index (χ2v) is 7.09. The number of aliphatic hydroxyl groups is 1. The Hall–Kier alpha value is -1.39. The van der Waals surface area contributed by atoms with Crippen molar-refractivity contribution in [3.8, 4) is 0 Å². The van der Waals surface area contributed by atoms with Gasteiger partial charge in [0, 0.05) is 19.0 Å². The maximum absolute atomic E-state index is 13.2. The average Bonchev–Trinajstić information content (AvgIpc) is 3.16. The fourth-order valence-corrected chi connectivity index (χ4v) is 4.18. The minimum atomic E-state index is -1.37. The highest BCUT2D eigenvalue weighted by molar-refractivity contribution is 5.87. The van der Waals surface area contributed by atoms with Gasteiger partial charge in [-0.15, -0.1) is 0 Å². The van der Waals surface area contributed by atoms with Gasteiger partial charge in [-0.25, -0.2) is 0 Å². The molecule has 1 heterocycles. The van der Waals surface area contributed by atoms with E-state index in [0.717, 1.165) is 44.1 Å². The van der Waals surface area contributed by atoms with Gasteiger partial charge in [0.1, 0.15) is 0 Å². The minimum Gasteiger partial charge on any atom is -0.375 e. The molecule has 2 aliphatic rings. The van der Waals surface area contributed by atoms with Crippen LogP contribution in [0.2, 0.25) is 0 Å². The highest BCUT2D eigenvalue weighted by Crippen LogP contribution is 2.42. The number of likely N-dealkylation sites (tertiary alicyclic amines) is 1. The SMILES string of the molecule is NCC1CCN(C(=O)C(O)(c2ccccc2)C2CCCC2)CC1. The fraction of sp³-hybridized carbons (Fsp3) is 0.632. The molecule has 1 aromatic carbocycles. The van der Waals surface area contributed by atoms with Crippen LogP contribution in [0, 0.1) is 11.8 Å². The van der Waals surface area contributed by atoms with E-state index in [2.05, 4.69) is 0 Å². The van der Waals surface area contributed by atoms with Crippen LogP contribution in [0.5, 0.6) is 0 Å². The number of nitrogens with zero attached hydrogens (tertiary/aromatic N) is 1. The molecule has 4 heteroatoms. The Morgan fingerprint density at radius 2 is 1.74 bits per heavy atom. The van der Waals surface area contributed by atoms with Gasteiger partial charge in [-0.1, -0.05) is 43.2 Å². The lowest BCUT2D eigenvalue weighted by Gasteiger charge is -2.40. The van der Waals surface area contributed by atoms with E-state index < -0.39 is 5.60 Å². The number of piperidine rings is 1. The molecule has 1 saturated carbocycles. The molecule has 0 radical (unpaired) electrons. The van der Waals surface area contributed by atoms with Crippen LogP contribution in [-0.4, -0.2) is 35.5 Å². The van der Waals surface area contributed by atoms with Crippen LogP contribution in [0.4, 0.5) is 0 Å². The lowest BCUT2D eigenvalue weighted by Crippen LogP contribution is -2.53. The van der Waals surface area contributed by atoms with E-state index in [-0.39, 0.29) is 11.8 Å². The van der Waals surface area contributed by atoms with E-state index in [9.17, 15) is 9.90 Å². The van der Waals surface area contributed by atoms with Crippen molar-refractivity contribution in [1.82, 2.24) is 4.90 Å². The van der Waals surface area contributed by atoms with Crippen molar-refractivity contribution in [2.24, 2.45) is 17.6 Å². The van der Waals surface area contributed by atoms with Crippen molar-refractivity contribution in [2.45, 2.75) is 44.1 Å². The maximum atomic E-state index is 13.2. The van der Waals surface area contributed by atoms with Gasteiger partial charge in [-0.3, -0.25) is 4.79 Å². The lowest BCUT2D eigenvalue weighted by atomic mass is 9.78. The monoisotopic (exact) mass is 316 g/mol. The van der Waals surface area contributed by atoms with Gasteiger partial charge in [0.2, 0.25) is 0 Å². The van der Waals surface area contributed by atoms with Crippen LogP contribution in [0.15, 0.2) is 30.3 Å². The Bertz CT molecular complexity index is 519. The minimum absolute atomic E-state index is 0.0321. The first kappa shape index (κ1) is 16.5. The molecule has 0 bridgehead atoms. The van der Waals surface area contributed by atoms with Crippen molar-refractivity contribution in [3.63, 3.8) is 0 Å². The summed E-state index contributed by atoms with van der Waals surface area (Å²) in [5.74, 6) is 0.436.